The van der Waals surface area contributed by atoms with E-state index in [0.29, 0.717) is 17.1 Å². The Morgan fingerprint density at radius 2 is 1.89 bits per heavy atom. The van der Waals surface area contributed by atoms with Gasteiger partial charge in [-0.25, -0.2) is 4.98 Å². The van der Waals surface area contributed by atoms with E-state index in [4.69, 9.17) is 10.00 Å². The van der Waals surface area contributed by atoms with Crippen LogP contribution in [0.2, 0.25) is 0 Å². The minimum atomic E-state index is -0.130. The molecule has 0 spiro atoms. The molecule has 2 aromatic heterocycles. The number of ether oxygens (including phenoxy) is 1. The van der Waals surface area contributed by atoms with E-state index in [9.17, 15) is 4.79 Å². The third-order valence-electron chi connectivity index (χ3n) is 5.05. The number of nitrogens with one attached hydrogen (secondary N) is 1. The minimum Gasteiger partial charge on any atom is -0.474 e. The summed E-state index contributed by atoms with van der Waals surface area (Å²) in [5.74, 6) is 0.404. The van der Waals surface area contributed by atoms with E-state index in [1.807, 2.05) is 36.4 Å². The Bertz CT molecular complexity index is 1010. The number of nitrogens with zero attached hydrogens (tertiary/aromatic N) is 3. The molecule has 1 aromatic carbocycles. The summed E-state index contributed by atoms with van der Waals surface area (Å²) in [6.45, 7) is 0. The first-order valence-electron chi connectivity index (χ1n) is 9.40. The standard InChI is InChI=1S/C22H20N4O2/c23-13-15-5-10-20(25-14-15)28-18-8-6-17(7-9-18)26-22(27)21-19-4-2-1-3-16(19)11-12-24-21/h1-5,10-12,14,17-18H,6-9H2,(H,26,27). The van der Waals surface area contributed by atoms with Gasteiger partial charge in [0, 0.05) is 29.9 Å². The molecule has 0 atom stereocenters. The molecule has 4 rings (SSSR count). The zero-order valence-corrected chi connectivity index (χ0v) is 15.3. The maximum Gasteiger partial charge on any atom is 0.270 e. The van der Waals surface area contributed by atoms with Gasteiger partial charge in [-0.3, -0.25) is 9.78 Å². The summed E-state index contributed by atoms with van der Waals surface area (Å²) in [7, 11) is 0. The molecule has 140 valence electrons. The number of hydrogen-bond donors (Lipinski definition) is 1. The van der Waals surface area contributed by atoms with Crippen LogP contribution in [0.1, 0.15) is 41.7 Å². The van der Waals surface area contributed by atoms with Crippen LogP contribution in [0.25, 0.3) is 10.8 Å². The van der Waals surface area contributed by atoms with E-state index < -0.39 is 0 Å². The van der Waals surface area contributed by atoms with Crippen molar-refractivity contribution in [3.8, 4) is 11.9 Å². The number of carbonyl (C=O) groups is 1. The first kappa shape index (κ1) is 17.9. The summed E-state index contributed by atoms with van der Waals surface area (Å²) in [6.07, 6.45) is 6.63. The van der Waals surface area contributed by atoms with Gasteiger partial charge in [0.25, 0.3) is 5.91 Å². The predicted molar refractivity (Wildman–Crippen MR) is 105 cm³/mol. The highest BCUT2D eigenvalue weighted by Gasteiger charge is 2.25. The van der Waals surface area contributed by atoms with Gasteiger partial charge in [0.2, 0.25) is 5.88 Å². The Labute approximate surface area is 163 Å². The molecule has 1 fully saturated rings. The molecule has 3 aromatic rings. The molecule has 0 saturated heterocycles. The number of fused-ring (bicyclic) bond motifs is 1. The summed E-state index contributed by atoms with van der Waals surface area (Å²) in [5.41, 5.74) is 0.985. The second kappa shape index (κ2) is 8.05. The zero-order chi connectivity index (χ0) is 19.3. The van der Waals surface area contributed by atoms with Gasteiger partial charge >= 0.3 is 0 Å². The van der Waals surface area contributed by atoms with Crippen LogP contribution >= 0.6 is 0 Å². The van der Waals surface area contributed by atoms with Crippen LogP contribution < -0.4 is 10.1 Å². The lowest BCUT2D eigenvalue weighted by Gasteiger charge is -2.29. The third kappa shape index (κ3) is 3.94. The summed E-state index contributed by atoms with van der Waals surface area (Å²) in [4.78, 5) is 21.2. The number of hydrogen-bond acceptors (Lipinski definition) is 5. The quantitative estimate of drug-likeness (QED) is 0.756. The number of nitriles is 1. The van der Waals surface area contributed by atoms with Crippen molar-refractivity contribution in [1.82, 2.24) is 15.3 Å². The van der Waals surface area contributed by atoms with Gasteiger partial charge in [0.05, 0.1) is 5.56 Å². The van der Waals surface area contributed by atoms with Crippen molar-refractivity contribution in [2.45, 2.75) is 37.8 Å². The van der Waals surface area contributed by atoms with Crippen molar-refractivity contribution in [1.29, 1.82) is 5.26 Å². The number of benzene rings is 1. The second-order valence-electron chi connectivity index (χ2n) is 6.94. The monoisotopic (exact) mass is 372 g/mol. The highest BCUT2D eigenvalue weighted by molar-refractivity contribution is 6.05. The van der Waals surface area contributed by atoms with Crippen molar-refractivity contribution >= 4 is 16.7 Å². The average Bonchev–Trinajstić information content (AvgIpc) is 2.75. The lowest BCUT2D eigenvalue weighted by atomic mass is 9.92. The highest BCUT2D eigenvalue weighted by Crippen LogP contribution is 2.24. The van der Waals surface area contributed by atoms with Gasteiger partial charge in [-0.05, 0) is 43.2 Å². The van der Waals surface area contributed by atoms with Gasteiger partial charge < -0.3 is 10.1 Å². The summed E-state index contributed by atoms with van der Waals surface area (Å²) in [5, 5.41) is 13.8. The molecule has 1 amide bonds. The Kier molecular flexibility index (Phi) is 5.16. The van der Waals surface area contributed by atoms with Gasteiger partial charge in [-0.1, -0.05) is 24.3 Å². The molecule has 1 aliphatic rings. The molecule has 28 heavy (non-hydrogen) atoms. The van der Waals surface area contributed by atoms with E-state index >= 15 is 0 Å². The molecule has 0 bridgehead atoms. The smallest absolute Gasteiger partial charge is 0.270 e. The van der Waals surface area contributed by atoms with E-state index in [0.717, 1.165) is 36.5 Å². The molecule has 6 heteroatoms. The van der Waals surface area contributed by atoms with Gasteiger partial charge in [-0.2, -0.15) is 5.26 Å². The maximum absolute atomic E-state index is 12.7. The Morgan fingerprint density at radius 1 is 1.07 bits per heavy atom. The fourth-order valence-corrected chi connectivity index (χ4v) is 3.57. The molecule has 2 heterocycles. The van der Waals surface area contributed by atoms with Crippen molar-refractivity contribution in [3.05, 3.63) is 66.1 Å². The van der Waals surface area contributed by atoms with Crippen LogP contribution in [0.5, 0.6) is 5.88 Å². The van der Waals surface area contributed by atoms with E-state index in [-0.39, 0.29) is 18.1 Å². The third-order valence-corrected chi connectivity index (χ3v) is 5.05. The lowest BCUT2D eigenvalue weighted by molar-refractivity contribution is 0.0887. The topological polar surface area (TPSA) is 87.9 Å². The number of pyridine rings is 2. The van der Waals surface area contributed by atoms with Crippen molar-refractivity contribution in [2.75, 3.05) is 0 Å². The Hall–Kier alpha value is -3.46. The average molecular weight is 372 g/mol. The number of carbonyl (C=O) groups excluding carboxylic acids is 1. The van der Waals surface area contributed by atoms with Crippen LogP contribution in [0.4, 0.5) is 0 Å². The highest BCUT2D eigenvalue weighted by atomic mass is 16.5. The summed E-state index contributed by atoms with van der Waals surface area (Å²) >= 11 is 0. The number of rotatable bonds is 4. The molecular weight excluding hydrogens is 352 g/mol. The second-order valence-corrected chi connectivity index (χ2v) is 6.94. The molecule has 0 unspecified atom stereocenters. The summed E-state index contributed by atoms with van der Waals surface area (Å²) in [6, 6.07) is 15.3. The van der Waals surface area contributed by atoms with E-state index in [2.05, 4.69) is 15.3 Å². The van der Waals surface area contributed by atoms with Crippen molar-refractivity contribution in [3.63, 3.8) is 0 Å². The van der Waals surface area contributed by atoms with Crippen LogP contribution in [-0.4, -0.2) is 28.0 Å². The molecular formula is C22H20N4O2. The molecule has 1 aliphatic carbocycles. The maximum atomic E-state index is 12.7. The molecule has 6 nitrogen and oxygen atoms in total. The normalized spacial score (nSPS) is 19.0. The first-order chi connectivity index (χ1) is 13.7. The van der Waals surface area contributed by atoms with E-state index in [1.165, 1.54) is 6.20 Å². The van der Waals surface area contributed by atoms with Crippen LogP contribution in [-0.2, 0) is 0 Å². The van der Waals surface area contributed by atoms with Gasteiger partial charge in [-0.15, -0.1) is 0 Å². The number of aromatic nitrogens is 2. The van der Waals surface area contributed by atoms with Gasteiger partial charge in [0.1, 0.15) is 17.9 Å². The van der Waals surface area contributed by atoms with Crippen molar-refractivity contribution < 1.29 is 9.53 Å². The predicted octanol–water partition coefficient (Wildman–Crippen LogP) is 3.62. The largest absolute Gasteiger partial charge is 0.474 e. The SMILES string of the molecule is N#Cc1ccc(OC2CCC(NC(=O)c3nccc4ccccc34)CC2)nc1. The van der Waals surface area contributed by atoms with Crippen LogP contribution in [0, 0.1) is 11.3 Å². The zero-order valence-electron chi connectivity index (χ0n) is 15.3. The molecule has 1 N–H and O–H groups in total. The van der Waals surface area contributed by atoms with Gasteiger partial charge in [0.15, 0.2) is 0 Å². The van der Waals surface area contributed by atoms with Crippen LogP contribution in [0.15, 0.2) is 54.9 Å². The molecule has 0 radical (unpaired) electrons. The molecule has 1 saturated carbocycles. The fraction of sp³-hybridized carbons (Fsp3) is 0.273. The minimum absolute atomic E-state index is 0.0734. The Balaban J connectivity index is 1.33. The molecule has 0 aliphatic heterocycles. The van der Waals surface area contributed by atoms with Crippen molar-refractivity contribution in [2.24, 2.45) is 0 Å². The van der Waals surface area contributed by atoms with E-state index in [1.54, 1.807) is 18.3 Å². The lowest BCUT2D eigenvalue weighted by Crippen LogP contribution is -2.40. The number of amides is 1. The summed E-state index contributed by atoms with van der Waals surface area (Å²) < 4.78 is 5.90. The van der Waals surface area contributed by atoms with Crippen LogP contribution in [0.3, 0.4) is 0 Å². The first-order valence-corrected chi connectivity index (χ1v) is 9.40. The fourth-order valence-electron chi connectivity index (χ4n) is 3.57. The Morgan fingerprint density at radius 3 is 2.64 bits per heavy atom.